The average Bonchev–Trinajstić information content (AvgIpc) is 2.96. The van der Waals surface area contributed by atoms with Crippen LogP contribution in [0.1, 0.15) is 22.6 Å². The smallest absolute Gasteiger partial charge is 0.308 e. The molecule has 27 heavy (non-hydrogen) atoms. The largest absolute Gasteiger partial charge is 0.481 e. The van der Waals surface area contributed by atoms with E-state index in [2.05, 4.69) is 10.5 Å². The Morgan fingerprint density at radius 2 is 1.89 bits per heavy atom. The summed E-state index contributed by atoms with van der Waals surface area (Å²) in [6, 6.07) is 13.9. The Morgan fingerprint density at radius 3 is 2.56 bits per heavy atom. The van der Waals surface area contributed by atoms with Gasteiger partial charge < -0.3 is 14.9 Å². The first-order valence-electron chi connectivity index (χ1n) is 8.83. The van der Waals surface area contributed by atoms with Crippen molar-refractivity contribution < 1.29 is 19.2 Å². The zero-order valence-corrected chi connectivity index (χ0v) is 15.4. The van der Waals surface area contributed by atoms with Gasteiger partial charge in [-0.2, -0.15) is 0 Å². The number of benzene rings is 2. The molecule has 0 aliphatic rings. The van der Waals surface area contributed by atoms with E-state index < -0.39 is 11.9 Å². The molecule has 2 N–H and O–H groups in total. The molecule has 0 aliphatic heterocycles. The number of carbonyl (C=O) groups is 2. The summed E-state index contributed by atoms with van der Waals surface area (Å²) < 4.78 is 5.05. The van der Waals surface area contributed by atoms with Gasteiger partial charge in [-0.15, -0.1) is 0 Å². The van der Waals surface area contributed by atoms with E-state index in [1.807, 2.05) is 42.5 Å². The first-order chi connectivity index (χ1) is 12.9. The van der Waals surface area contributed by atoms with E-state index in [9.17, 15) is 14.7 Å². The fraction of sp³-hybridized carbons (Fsp3) is 0.286. The summed E-state index contributed by atoms with van der Waals surface area (Å²) in [5.41, 5.74) is 2.35. The molecular weight excluding hydrogens is 344 g/mol. The zero-order valence-electron chi connectivity index (χ0n) is 15.4. The molecule has 6 nitrogen and oxygen atoms in total. The number of hydrogen-bond acceptors (Lipinski definition) is 4. The van der Waals surface area contributed by atoms with E-state index in [-0.39, 0.29) is 18.9 Å². The number of carboxylic acid groups (broad SMARTS) is 1. The van der Waals surface area contributed by atoms with E-state index in [0.29, 0.717) is 17.9 Å². The second kappa shape index (κ2) is 8.03. The summed E-state index contributed by atoms with van der Waals surface area (Å²) in [4.78, 5) is 23.8. The Hall–Kier alpha value is -3.15. The van der Waals surface area contributed by atoms with Crippen molar-refractivity contribution in [3.63, 3.8) is 0 Å². The van der Waals surface area contributed by atoms with Gasteiger partial charge in [-0.25, -0.2) is 0 Å². The second-order valence-corrected chi connectivity index (χ2v) is 6.70. The first kappa shape index (κ1) is 18.6. The van der Waals surface area contributed by atoms with Crippen LogP contribution in [0.15, 0.2) is 47.0 Å². The summed E-state index contributed by atoms with van der Waals surface area (Å²) in [6.45, 7) is 3.60. The maximum absolute atomic E-state index is 12.2. The number of carboxylic acids is 1. The Labute approximate surface area is 157 Å². The maximum Gasteiger partial charge on any atom is 0.308 e. The van der Waals surface area contributed by atoms with Gasteiger partial charge in [-0.1, -0.05) is 47.6 Å². The molecule has 0 bridgehead atoms. The molecule has 1 amide bonds. The fourth-order valence-corrected chi connectivity index (χ4v) is 3.11. The average molecular weight is 366 g/mol. The van der Waals surface area contributed by atoms with Crippen LogP contribution >= 0.6 is 0 Å². The van der Waals surface area contributed by atoms with E-state index >= 15 is 0 Å². The minimum atomic E-state index is -0.930. The number of nitrogens with zero attached hydrogens (tertiary/aromatic N) is 1. The highest BCUT2D eigenvalue weighted by Gasteiger charge is 2.20. The van der Waals surface area contributed by atoms with Crippen LogP contribution in [0.4, 0.5) is 0 Å². The van der Waals surface area contributed by atoms with Gasteiger partial charge in [0.15, 0.2) is 0 Å². The van der Waals surface area contributed by atoms with Crippen LogP contribution < -0.4 is 5.32 Å². The lowest BCUT2D eigenvalue weighted by Crippen LogP contribution is -2.35. The van der Waals surface area contributed by atoms with Crippen molar-refractivity contribution in [2.24, 2.45) is 5.92 Å². The van der Waals surface area contributed by atoms with E-state index in [4.69, 9.17) is 4.52 Å². The Morgan fingerprint density at radius 1 is 1.15 bits per heavy atom. The fourth-order valence-electron chi connectivity index (χ4n) is 3.11. The Balaban J connectivity index is 1.63. The van der Waals surface area contributed by atoms with Gasteiger partial charge >= 0.3 is 5.97 Å². The van der Waals surface area contributed by atoms with Crippen molar-refractivity contribution in [1.29, 1.82) is 0 Å². The molecular formula is C21H22N2O4. The molecule has 0 spiro atoms. The molecule has 3 aromatic rings. The minimum Gasteiger partial charge on any atom is -0.481 e. The molecule has 0 saturated heterocycles. The van der Waals surface area contributed by atoms with Gasteiger partial charge in [-0.05, 0) is 36.6 Å². The van der Waals surface area contributed by atoms with Gasteiger partial charge in [0.05, 0.1) is 18.0 Å². The second-order valence-electron chi connectivity index (χ2n) is 6.70. The number of amides is 1. The van der Waals surface area contributed by atoms with Crippen LogP contribution in [0.3, 0.4) is 0 Å². The molecule has 0 saturated carbocycles. The molecule has 1 atom stereocenters. The van der Waals surface area contributed by atoms with Gasteiger partial charge in [0.25, 0.3) is 0 Å². The molecule has 1 aromatic heterocycles. The third kappa shape index (κ3) is 4.53. The van der Waals surface area contributed by atoms with Crippen LogP contribution in [0.25, 0.3) is 10.8 Å². The number of aryl methyl sites for hydroxylation is 2. The highest BCUT2D eigenvalue weighted by Crippen LogP contribution is 2.18. The van der Waals surface area contributed by atoms with Crippen LogP contribution in [0.5, 0.6) is 0 Å². The molecule has 1 heterocycles. The number of hydrogen-bond donors (Lipinski definition) is 2. The van der Waals surface area contributed by atoms with Crippen molar-refractivity contribution in [3.05, 3.63) is 65.0 Å². The van der Waals surface area contributed by atoms with Crippen LogP contribution in [-0.2, 0) is 22.4 Å². The molecule has 3 rings (SSSR count). The van der Waals surface area contributed by atoms with E-state index in [1.165, 1.54) is 0 Å². The Kier molecular flexibility index (Phi) is 5.54. The van der Waals surface area contributed by atoms with Crippen molar-refractivity contribution in [2.75, 3.05) is 6.54 Å². The highest BCUT2D eigenvalue weighted by molar-refractivity contribution is 5.83. The van der Waals surface area contributed by atoms with Crippen LogP contribution in [0.2, 0.25) is 0 Å². The van der Waals surface area contributed by atoms with Gasteiger partial charge in [0.2, 0.25) is 5.91 Å². The molecule has 140 valence electrons. The monoisotopic (exact) mass is 366 g/mol. The number of carbonyl (C=O) groups excluding carboxylic acids is 1. The standard InChI is InChI=1S/C21H22N2O4/c1-13-19(14(2)27-23-13)11-20(24)22-12-18(21(25)26)10-15-7-8-16-5-3-4-6-17(16)9-15/h3-9,18H,10-12H2,1-2H3,(H,22,24)(H,25,26). The van der Waals surface area contributed by atoms with Crippen molar-refractivity contribution in [1.82, 2.24) is 10.5 Å². The number of fused-ring (bicyclic) bond motifs is 1. The van der Waals surface area contributed by atoms with Crippen molar-refractivity contribution in [3.8, 4) is 0 Å². The predicted octanol–water partition coefficient (Wildman–Crippen LogP) is 3.05. The molecule has 2 aromatic carbocycles. The molecule has 0 aliphatic carbocycles. The minimum absolute atomic E-state index is 0.0738. The lowest BCUT2D eigenvalue weighted by Gasteiger charge is -2.14. The SMILES string of the molecule is Cc1noc(C)c1CC(=O)NCC(Cc1ccc2ccccc2c1)C(=O)O. The van der Waals surface area contributed by atoms with E-state index in [1.54, 1.807) is 13.8 Å². The molecule has 1 unspecified atom stereocenters. The normalized spacial score (nSPS) is 12.1. The topological polar surface area (TPSA) is 92.4 Å². The Bertz CT molecular complexity index is 958. The third-order valence-electron chi connectivity index (χ3n) is 4.71. The molecule has 0 radical (unpaired) electrons. The zero-order chi connectivity index (χ0) is 19.4. The lowest BCUT2D eigenvalue weighted by molar-refractivity contribution is -0.141. The van der Waals surface area contributed by atoms with Gasteiger partial charge in [0.1, 0.15) is 5.76 Å². The first-order valence-corrected chi connectivity index (χ1v) is 8.83. The summed E-state index contributed by atoms with van der Waals surface area (Å²) in [6.07, 6.45) is 0.481. The number of aromatic nitrogens is 1. The van der Waals surface area contributed by atoms with Crippen LogP contribution in [-0.4, -0.2) is 28.7 Å². The summed E-state index contributed by atoms with van der Waals surface area (Å²) >= 11 is 0. The molecule has 6 heteroatoms. The number of rotatable bonds is 7. The highest BCUT2D eigenvalue weighted by atomic mass is 16.5. The molecule has 0 fully saturated rings. The summed E-state index contributed by atoms with van der Waals surface area (Å²) in [5, 5.41) is 18.3. The van der Waals surface area contributed by atoms with E-state index in [0.717, 1.165) is 21.9 Å². The summed E-state index contributed by atoms with van der Waals surface area (Å²) in [5.74, 6) is -1.26. The van der Waals surface area contributed by atoms with Crippen LogP contribution in [0, 0.1) is 19.8 Å². The third-order valence-corrected chi connectivity index (χ3v) is 4.71. The van der Waals surface area contributed by atoms with Crippen molar-refractivity contribution >= 4 is 22.6 Å². The quantitative estimate of drug-likeness (QED) is 0.670. The maximum atomic E-state index is 12.2. The number of nitrogens with one attached hydrogen (secondary N) is 1. The number of aliphatic carboxylic acids is 1. The van der Waals surface area contributed by atoms with Gasteiger partial charge in [0, 0.05) is 12.1 Å². The van der Waals surface area contributed by atoms with Gasteiger partial charge in [-0.3, -0.25) is 9.59 Å². The van der Waals surface area contributed by atoms with Crippen molar-refractivity contribution in [2.45, 2.75) is 26.7 Å². The summed E-state index contributed by atoms with van der Waals surface area (Å²) in [7, 11) is 0. The lowest BCUT2D eigenvalue weighted by atomic mass is 9.97. The predicted molar refractivity (Wildman–Crippen MR) is 101 cm³/mol.